The number of rotatable bonds is 8. The molecular formula is C27H34FN3O5S2. The first kappa shape index (κ1) is 28.3. The first-order chi connectivity index (χ1) is 17.8. The summed E-state index contributed by atoms with van der Waals surface area (Å²) in [6.45, 7) is 5.02. The van der Waals surface area contributed by atoms with Crippen LogP contribution >= 0.6 is 0 Å². The summed E-state index contributed by atoms with van der Waals surface area (Å²) < 4.78 is 67.0. The van der Waals surface area contributed by atoms with Gasteiger partial charge in [0, 0.05) is 68.0 Å². The van der Waals surface area contributed by atoms with Crippen molar-refractivity contribution in [2.24, 2.45) is 0 Å². The molecule has 38 heavy (non-hydrogen) atoms. The lowest BCUT2D eigenvalue weighted by Gasteiger charge is -2.36. The molecule has 2 aromatic carbocycles. The molecule has 0 aromatic heterocycles. The molecule has 2 heterocycles. The minimum atomic E-state index is -3.97. The first-order valence-electron chi connectivity index (χ1n) is 12.6. The molecule has 0 spiro atoms. The molecule has 4 rings (SSSR count). The van der Waals surface area contributed by atoms with Crippen LogP contribution in [0.4, 0.5) is 10.1 Å². The second-order valence-corrected chi connectivity index (χ2v) is 14.0. The fraction of sp³-hybridized carbons (Fsp3) is 0.444. The maximum atomic E-state index is 15.6. The Morgan fingerprint density at radius 3 is 2.26 bits per heavy atom. The summed E-state index contributed by atoms with van der Waals surface area (Å²) in [5, 5.41) is 3.43. The molecule has 0 radical (unpaired) electrons. The van der Waals surface area contributed by atoms with E-state index in [0.29, 0.717) is 5.56 Å². The summed E-state index contributed by atoms with van der Waals surface area (Å²) in [5.74, 6) is -0.875. The van der Waals surface area contributed by atoms with Gasteiger partial charge in [-0.05, 0) is 49.6 Å². The molecule has 1 amide bonds. The number of benzene rings is 2. The van der Waals surface area contributed by atoms with Gasteiger partial charge in [-0.2, -0.15) is 4.31 Å². The van der Waals surface area contributed by atoms with E-state index in [1.807, 2.05) is 43.3 Å². The number of sulfonamides is 1. The molecule has 1 atom stereocenters. The van der Waals surface area contributed by atoms with Gasteiger partial charge in [-0.1, -0.05) is 30.3 Å². The van der Waals surface area contributed by atoms with Crippen molar-refractivity contribution >= 4 is 31.5 Å². The number of nitrogens with zero attached hydrogens (tertiary/aromatic N) is 2. The third-order valence-electron chi connectivity index (χ3n) is 7.13. The molecule has 2 saturated heterocycles. The summed E-state index contributed by atoms with van der Waals surface area (Å²) in [6.07, 6.45) is 2.79. The Bertz CT molecular complexity index is 1440. The van der Waals surface area contributed by atoms with Gasteiger partial charge in [0.2, 0.25) is 10.0 Å². The lowest BCUT2D eigenvalue weighted by atomic mass is 9.93. The molecule has 0 saturated carbocycles. The Hall–Kier alpha value is -2.76. The highest BCUT2D eigenvalue weighted by molar-refractivity contribution is 7.93. The van der Waals surface area contributed by atoms with Crippen LogP contribution in [0, 0.1) is 6.92 Å². The molecule has 0 bridgehead atoms. The number of piperidine rings is 1. The van der Waals surface area contributed by atoms with Crippen molar-refractivity contribution in [3.05, 3.63) is 59.5 Å². The Morgan fingerprint density at radius 1 is 1.03 bits per heavy atom. The van der Waals surface area contributed by atoms with E-state index in [9.17, 15) is 21.6 Å². The molecule has 2 aliphatic heterocycles. The van der Waals surface area contributed by atoms with Gasteiger partial charge >= 0.3 is 0 Å². The van der Waals surface area contributed by atoms with E-state index < -0.39 is 37.5 Å². The molecule has 2 aromatic rings. The van der Waals surface area contributed by atoms with E-state index in [4.69, 9.17) is 0 Å². The van der Waals surface area contributed by atoms with Crippen LogP contribution < -0.4 is 10.2 Å². The summed E-state index contributed by atoms with van der Waals surface area (Å²) in [4.78, 5) is 15.0. The zero-order valence-corrected chi connectivity index (χ0v) is 23.5. The van der Waals surface area contributed by atoms with E-state index >= 15 is 4.39 Å². The van der Waals surface area contributed by atoms with Crippen molar-refractivity contribution in [2.75, 3.05) is 37.3 Å². The average molecular weight is 564 g/mol. The molecule has 11 heteroatoms. The molecule has 2 fully saturated rings. The smallest absolute Gasteiger partial charge is 0.258 e. The quantitative estimate of drug-likeness (QED) is 0.528. The highest BCUT2D eigenvalue weighted by Crippen LogP contribution is 2.37. The number of alkyl halides is 1. The number of carbonyl (C=O) groups is 1. The van der Waals surface area contributed by atoms with Crippen LogP contribution in [0.3, 0.4) is 0 Å². The third kappa shape index (κ3) is 6.10. The Balaban J connectivity index is 1.55. The predicted molar refractivity (Wildman–Crippen MR) is 147 cm³/mol. The highest BCUT2D eigenvalue weighted by Gasteiger charge is 2.45. The van der Waals surface area contributed by atoms with Crippen LogP contribution in [0.2, 0.25) is 0 Å². The molecular weight excluding hydrogens is 529 g/mol. The van der Waals surface area contributed by atoms with E-state index in [-0.39, 0.29) is 30.8 Å². The van der Waals surface area contributed by atoms with Gasteiger partial charge in [0.05, 0.1) is 4.90 Å². The standard InChI is InChI=1S/C27H34FN3O5S2/c1-20-7-4-5-8-23(20)24-19-22(30-14-6-15-30)9-10-25(24)38(35,36)31-16-12-27(28,13-17-31)26(32)29-21(2)11-18-37(3,33)34/h4-5,7-11,18-19,21H,6,12-17H2,1-3H3,(H,29,32)/b18-11-/t21-/m1/s1. The molecule has 8 nitrogen and oxygen atoms in total. The van der Waals surface area contributed by atoms with E-state index in [1.54, 1.807) is 13.0 Å². The van der Waals surface area contributed by atoms with Gasteiger partial charge in [-0.15, -0.1) is 0 Å². The lowest BCUT2D eigenvalue weighted by Crippen LogP contribution is -2.53. The largest absolute Gasteiger partial charge is 0.371 e. The van der Waals surface area contributed by atoms with Crippen LogP contribution in [0.25, 0.3) is 11.1 Å². The van der Waals surface area contributed by atoms with Crippen molar-refractivity contribution in [2.45, 2.75) is 49.7 Å². The summed E-state index contributed by atoms with van der Waals surface area (Å²) in [7, 11) is -7.35. The summed E-state index contributed by atoms with van der Waals surface area (Å²) in [5.41, 5.74) is 1.08. The highest BCUT2D eigenvalue weighted by atomic mass is 32.2. The van der Waals surface area contributed by atoms with E-state index in [2.05, 4.69) is 10.2 Å². The van der Waals surface area contributed by atoms with Crippen molar-refractivity contribution < 1.29 is 26.0 Å². The molecule has 2 aliphatic rings. The van der Waals surface area contributed by atoms with Crippen molar-refractivity contribution in [3.8, 4) is 11.1 Å². The molecule has 0 aliphatic carbocycles. The second kappa shape index (κ2) is 10.8. The van der Waals surface area contributed by atoms with Crippen LogP contribution in [0.1, 0.15) is 31.7 Å². The van der Waals surface area contributed by atoms with Gasteiger partial charge < -0.3 is 10.2 Å². The number of halogens is 1. The number of aryl methyl sites for hydroxylation is 1. The van der Waals surface area contributed by atoms with E-state index in [0.717, 1.165) is 48.0 Å². The molecule has 0 unspecified atom stereocenters. The number of nitrogens with one attached hydrogen (secondary N) is 1. The van der Waals surface area contributed by atoms with Gasteiger partial charge in [0.1, 0.15) is 0 Å². The predicted octanol–water partition coefficient (Wildman–Crippen LogP) is 3.43. The van der Waals surface area contributed by atoms with Crippen LogP contribution in [-0.2, 0) is 24.7 Å². The van der Waals surface area contributed by atoms with Gasteiger partial charge in [-0.25, -0.2) is 21.2 Å². The van der Waals surface area contributed by atoms with Crippen molar-refractivity contribution in [1.82, 2.24) is 9.62 Å². The summed E-state index contributed by atoms with van der Waals surface area (Å²) >= 11 is 0. The fourth-order valence-corrected chi connectivity index (χ4v) is 6.84. The zero-order chi connectivity index (χ0) is 27.7. The normalized spacial score (nSPS) is 19.2. The van der Waals surface area contributed by atoms with Crippen molar-refractivity contribution in [3.63, 3.8) is 0 Å². The van der Waals surface area contributed by atoms with Gasteiger partial charge in [0.25, 0.3) is 5.91 Å². The SMILES string of the molecule is Cc1ccccc1-c1cc(N2CCC2)ccc1S(=O)(=O)N1CCC(F)(C(=O)N[C@H](C)/C=C\S(C)(=O)=O)CC1. The number of anilines is 1. The third-order valence-corrected chi connectivity index (χ3v) is 9.74. The maximum absolute atomic E-state index is 15.6. The van der Waals surface area contributed by atoms with Crippen LogP contribution in [-0.4, -0.2) is 71.2 Å². The second-order valence-electron chi connectivity index (χ2n) is 10.1. The topological polar surface area (TPSA) is 104 Å². The van der Waals surface area contributed by atoms with Crippen LogP contribution in [0.15, 0.2) is 58.8 Å². The molecule has 1 N–H and O–H groups in total. The lowest BCUT2D eigenvalue weighted by molar-refractivity contribution is -0.135. The number of carbonyl (C=O) groups excluding carboxylic acids is 1. The number of amides is 1. The number of hydrogen-bond donors (Lipinski definition) is 1. The minimum absolute atomic E-state index is 0.152. The van der Waals surface area contributed by atoms with Crippen molar-refractivity contribution in [1.29, 1.82) is 0 Å². The molecule has 206 valence electrons. The van der Waals surface area contributed by atoms with E-state index in [1.165, 1.54) is 10.4 Å². The number of sulfone groups is 1. The van der Waals surface area contributed by atoms with Gasteiger partial charge in [-0.3, -0.25) is 4.79 Å². The first-order valence-corrected chi connectivity index (χ1v) is 16.0. The Labute approximate surface area is 224 Å². The zero-order valence-electron chi connectivity index (χ0n) is 21.9. The number of hydrogen-bond acceptors (Lipinski definition) is 6. The fourth-order valence-electron chi connectivity index (χ4n) is 4.69. The average Bonchev–Trinajstić information content (AvgIpc) is 2.82. The maximum Gasteiger partial charge on any atom is 0.258 e. The minimum Gasteiger partial charge on any atom is -0.371 e. The van der Waals surface area contributed by atoms with Gasteiger partial charge in [0.15, 0.2) is 15.5 Å². The summed E-state index contributed by atoms with van der Waals surface area (Å²) in [6, 6.07) is 12.3. The van der Waals surface area contributed by atoms with Crippen LogP contribution in [0.5, 0.6) is 0 Å². The Morgan fingerprint density at radius 2 is 1.68 bits per heavy atom. The monoisotopic (exact) mass is 563 g/mol. The Kier molecular flexibility index (Phi) is 8.02.